The van der Waals surface area contributed by atoms with E-state index >= 15 is 0 Å². The fourth-order valence-corrected chi connectivity index (χ4v) is 2.39. The van der Waals surface area contributed by atoms with Crippen LogP contribution in [0.5, 0.6) is 0 Å². The molecule has 0 aromatic carbocycles. The average molecular weight is 258 g/mol. The molecule has 1 aliphatic rings. The summed E-state index contributed by atoms with van der Waals surface area (Å²) in [6.45, 7) is 9.44. The third kappa shape index (κ3) is 7.31. The molecule has 2 atom stereocenters. The standard InChI is InChI=1S/C14H30N2O2/c1-12(2)10-18-11-14(17)8-15-7-13-5-4-6-16(3)9-13/h12-15,17H,4-11H2,1-3H3. The molecule has 1 rings (SSSR count). The second-order valence-electron chi connectivity index (χ2n) is 6.01. The number of hydrogen-bond donors (Lipinski definition) is 2. The lowest BCUT2D eigenvalue weighted by Crippen LogP contribution is -2.40. The minimum Gasteiger partial charge on any atom is -0.389 e. The predicted molar refractivity (Wildman–Crippen MR) is 74.8 cm³/mol. The number of likely N-dealkylation sites (tertiary alicyclic amines) is 1. The summed E-state index contributed by atoms with van der Waals surface area (Å²) >= 11 is 0. The second kappa shape index (κ2) is 8.86. The zero-order valence-electron chi connectivity index (χ0n) is 12.2. The van der Waals surface area contributed by atoms with Crippen molar-refractivity contribution in [3.05, 3.63) is 0 Å². The van der Waals surface area contributed by atoms with Crippen molar-refractivity contribution in [3.63, 3.8) is 0 Å². The van der Waals surface area contributed by atoms with Gasteiger partial charge in [-0.05, 0) is 44.8 Å². The Labute approximate surface area is 112 Å². The Morgan fingerprint density at radius 3 is 2.83 bits per heavy atom. The Balaban J connectivity index is 1.99. The van der Waals surface area contributed by atoms with Crippen molar-refractivity contribution in [2.75, 3.05) is 46.4 Å². The van der Waals surface area contributed by atoms with E-state index in [0.29, 0.717) is 19.1 Å². The Bertz CT molecular complexity index is 212. The highest BCUT2D eigenvalue weighted by Gasteiger charge is 2.16. The molecular formula is C14H30N2O2. The molecule has 4 heteroatoms. The number of ether oxygens (including phenoxy) is 1. The molecule has 0 saturated carbocycles. The van der Waals surface area contributed by atoms with Crippen molar-refractivity contribution in [2.45, 2.75) is 32.8 Å². The molecule has 4 nitrogen and oxygen atoms in total. The lowest BCUT2D eigenvalue weighted by Gasteiger charge is -2.30. The van der Waals surface area contributed by atoms with Gasteiger partial charge in [0.2, 0.25) is 0 Å². The fourth-order valence-electron chi connectivity index (χ4n) is 2.39. The SMILES string of the molecule is CC(C)COCC(O)CNCC1CCCN(C)C1. The first kappa shape index (κ1) is 15.9. The molecule has 18 heavy (non-hydrogen) atoms. The maximum atomic E-state index is 9.75. The van der Waals surface area contributed by atoms with Crippen LogP contribution in [0.4, 0.5) is 0 Å². The summed E-state index contributed by atoms with van der Waals surface area (Å²) in [4.78, 5) is 2.39. The van der Waals surface area contributed by atoms with Crippen molar-refractivity contribution in [3.8, 4) is 0 Å². The number of piperidine rings is 1. The van der Waals surface area contributed by atoms with E-state index in [9.17, 15) is 5.11 Å². The summed E-state index contributed by atoms with van der Waals surface area (Å²) in [7, 11) is 2.18. The van der Waals surface area contributed by atoms with E-state index in [4.69, 9.17) is 4.74 Å². The number of hydrogen-bond acceptors (Lipinski definition) is 4. The topological polar surface area (TPSA) is 44.7 Å². The van der Waals surface area contributed by atoms with Crippen LogP contribution in [0.3, 0.4) is 0 Å². The monoisotopic (exact) mass is 258 g/mol. The molecule has 0 aromatic heterocycles. The maximum absolute atomic E-state index is 9.75. The van der Waals surface area contributed by atoms with Gasteiger partial charge in [-0.2, -0.15) is 0 Å². The van der Waals surface area contributed by atoms with E-state index in [1.165, 1.54) is 25.9 Å². The van der Waals surface area contributed by atoms with Crippen LogP contribution in [0.25, 0.3) is 0 Å². The minimum atomic E-state index is -0.384. The quantitative estimate of drug-likeness (QED) is 0.680. The summed E-state index contributed by atoms with van der Waals surface area (Å²) in [6.07, 6.45) is 2.21. The van der Waals surface area contributed by atoms with Crippen LogP contribution < -0.4 is 5.32 Å². The van der Waals surface area contributed by atoms with Gasteiger partial charge in [0.1, 0.15) is 0 Å². The van der Waals surface area contributed by atoms with Crippen LogP contribution in [-0.2, 0) is 4.74 Å². The van der Waals surface area contributed by atoms with Crippen molar-refractivity contribution >= 4 is 0 Å². The molecule has 108 valence electrons. The molecule has 1 fully saturated rings. The highest BCUT2D eigenvalue weighted by Crippen LogP contribution is 2.13. The molecule has 2 N–H and O–H groups in total. The molecule has 0 aliphatic carbocycles. The normalized spacial score (nSPS) is 23.5. The highest BCUT2D eigenvalue weighted by molar-refractivity contribution is 4.73. The fraction of sp³-hybridized carbons (Fsp3) is 1.00. The van der Waals surface area contributed by atoms with Crippen molar-refractivity contribution < 1.29 is 9.84 Å². The Morgan fingerprint density at radius 1 is 1.39 bits per heavy atom. The van der Waals surface area contributed by atoms with Crippen LogP contribution in [0.2, 0.25) is 0 Å². The van der Waals surface area contributed by atoms with Crippen LogP contribution >= 0.6 is 0 Å². The van der Waals surface area contributed by atoms with Crippen LogP contribution in [0.1, 0.15) is 26.7 Å². The lowest BCUT2D eigenvalue weighted by atomic mass is 9.98. The second-order valence-corrected chi connectivity index (χ2v) is 6.01. The van der Waals surface area contributed by atoms with Crippen LogP contribution in [-0.4, -0.2) is 62.6 Å². The molecule has 0 amide bonds. The largest absolute Gasteiger partial charge is 0.389 e. The molecule has 0 aromatic rings. The summed E-state index contributed by atoms with van der Waals surface area (Å²) < 4.78 is 5.42. The molecule has 1 heterocycles. The van der Waals surface area contributed by atoms with Gasteiger partial charge in [-0.3, -0.25) is 0 Å². The third-order valence-electron chi connectivity index (χ3n) is 3.30. The van der Waals surface area contributed by atoms with Crippen LogP contribution in [0.15, 0.2) is 0 Å². The number of aliphatic hydroxyl groups excluding tert-OH is 1. The zero-order valence-corrected chi connectivity index (χ0v) is 12.2. The van der Waals surface area contributed by atoms with Gasteiger partial charge < -0.3 is 20.1 Å². The molecule has 1 saturated heterocycles. The smallest absolute Gasteiger partial charge is 0.0897 e. The summed E-state index contributed by atoms with van der Waals surface area (Å²) in [5.41, 5.74) is 0. The van der Waals surface area contributed by atoms with Gasteiger partial charge in [0, 0.05) is 19.7 Å². The molecule has 0 bridgehead atoms. The van der Waals surface area contributed by atoms with Gasteiger partial charge in [-0.15, -0.1) is 0 Å². The van der Waals surface area contributed by atoms with Gasteiger partial charge in [-0.1, -0.05) is 13.8 Å². The Kier molecular flexibility index (Phi) is 7.82. The van der Waals surface area contributed by atoms with Crippen molar-refractivity contribution in [2.24, 2.45) is 11.8 Å². The Morgan fingerprint density at radius 2 is 2.17 bits per heavy atom. The molecular weight excluding hydrogens is 228 g/mol. The molecule has 0 radical (unpaired) electrons. The Hall–Kier alpha value is -0.160. The third-order valence-corrected chi connectivity index (χ3v) is 3.30. The maximum Gasteiger partial charge on any atom is 0.0897 e. The van der Waals surface area contributed by atoms with Crippen molar-refractivity contribution in [1.82, 2.24) is 10.2 Å². The molecule has 2 unspecified atom stereocenters. The van der Waals surface area contributed by atoms with Crippen LogP contribution in [0, 0.1) is 11.8 Å². The summed E-state index contributed by atoms with van der Waals surface area (Å²) in [5.74, 6) is 1.26. The molecule has 1 aliphatic heterocycles. The van der Waals surface area contributed by atoms with Gasteiger partial charge in [-0.25, -0.2) is 0 Å². The highest BCUT2D eigenvalue weighted by atomic mass is 16.5. The van der Waals surface area contributed by atoms with Gasteiger partial charge >= 0.3 is 0 Å². The number of rotatable bonds is 8. The zero-order chi connectivity index (χ0) is 13.4. The van der Waals surface area contributed by atoms with E-state index < -0.39 is 0 Å². The first-order valence-electron chi connectivity index (χ1n) is 7.23. The average Bonchev–Trinajstić information content (AvgIpc) is 2.28. The van der Waals surface area contributed by atoms with E-state index in [1.54, 1.807) is 0 Å². The van der Waals surface area contributed by atoms with E-state index in [-0.39, 0.29) is 6.10 Å². The summed E-state index contributed by atoms with van der Waals surface area (Å²) in [5, 5.41) is 13.1. The van der Waals surface area contributed by atoms with E-state index in [1.807, 2.05) is 0 Å². The van der Waals surface area contributed by atoms with Gasteiger partial charge in [0.15, 0.2) is 0 Å². The van der Waals surface area contributed by atoms with E-state index in [0.717, 1.165) is 19.1 Å². The molecule has 0 spiro atoms. The lowest BCUT2D eigenvalue weighted by molar-refractivity contribution is 0.0254. The van der Waals surface area contributed by atoms with Crippen molar-refractivity contribution in [1.29, 1.82) is 0 Å². The van der Waals surface area contributed by atoms with E-state index in [2.05, 4.69) is 31.1 Å². The first-order valence-corrected chi connectivity index (χ1v) is 7.23. The van der Waals surface area contributed by atoms with Gasteiger partial charge in [0.25, 0.3) is 0 Å². The summed E-state index contributed by atoms with van der Waals surface area (Å²) in [6, 6.07) is 0. The number of nitrogens with one attached hydrogen (secondary N) is 1. The predicted octanol–water partition coefficient (Wildman–Crippen LogP) is 0.951. The first-order chi connectivity index (χ1) is 8.58. The number of nitrogens with zero attached hydrogens (tertiary/aromatic N) is 1. The van der Waals surface area contributed by atoms with Gasteiger partial charge in [0.05, 0.1) is 12.7 Å². The number of aliphatic hydroxyl groups is 1. The minimum absolute atomic E-state index is 0.384.